The lowest BCUT2D eigenvalue weighted by atomic mass is 9.96. The number of rotatable bonds is 3. The van der Waals surface area contributed by atoms with Gasteiger partial charge in [-0.3, -0.25) is 5.10 Å². The molecule has 3 saturated heterocycles. The fourth-order valence-corrected chi connectivity index (χ4v) is 4.27. The van der Waals surface area contributed by atoms with Crippen LogP contribution in [-0.2, 0) is 4.74 Å². The smallest absolute Gasteiger partial charge is 0.317 e. The van der Waals surface area contributed by atoms with Crippen LogP contribution in [0.2, 0.25) is 0 Å². The minimum Gasteiger partial charge on any atom is -0.373 e. The van der Waals surface area contributed by atoms with Gasteiger partial charge in [-0.15, -0.1) is 0 Å². The van der Waals surface area contributed by atoms with E-state index in [1.807, 2.05) is 4.90 Å². The zero-order chi connectivity index (χ0) is 16.1. The van der Waals surface area contributed by atoms with Crippen molar-refractivity contribution in [2.75, 3.05) is 31.1 Å². The number of carbonyl (C=O) groups is 1. The Balaban J connectivity index is 1.14. The van der Waals surface area contributed by atoms with E-state index in [1.54, 1.807) is 0 Å². The lowest BCUT2D eigenvalue weighted by molar-refractivity contribution is 0.0969. The topological polar surface area (TPSA) is 73.5 Å². The maximum atomic E-state index is 12.5. The van der Waals surface area contributed by atoms with Gasteiger partial charge in [-0.2, -0.15) is 5.10 Å². The van der Waals surface area contributed by atoms with Crippen molar-refractivity contribution in [2.45, 2.75) is 56.3 Å². The van der Waals surface area contributed by atoms with Crippen LogP contribution in [-0.4, -0.2) is 65.6 Å². The molecule has 5 rings (SSSR count). The highest BCUT2D eigenvalue weighted by Crippen LogP contribution is 2.40. The van der Waals surface area contributed by atoms with Crippen LogP contribution >= 0.6 is 0 Å². The van der Waals surface area contributed by atoms with Crippen LogP contribution in [0, 0.1) is 0 Å². The van der Waals surface area contributed by atoms with E-state index in [0.29, 0.717) is 12.0 Å². The molecule has 4 fully saturated rings. The number of carbonyl (C=O) groups excluding carboxylic acids is 1. The van der Waals surface area contributed by atoms with Crippen LogP contribution in [0.5, 0.6) is 0 Å². The predicted molar refractivity (Wildman–Crippen MR) is 89.2 cm³/mol. The number of ether oxygens (including phenoxy) is 1. The zero-order valence-electron chi connectivity index (χ0n) is 13.9. The number of amides is 2. The van der Waals surface area contributed by atoms with Crippen LogP contribution in [0.4, 0.5) is 10.6 Å². The molecule has 0 aromatic carbocycles. The third-order valence-electron chi connectivity index (χ3n) is 5.91. The van der Waals surface area contributed by atoms with Crippen LogP contribution in [0.3, 0.4) is 0 Å². The van der Waals surface area contributed by atoms with E-state index in [9.17, 15) is 4.79 Å². The molecule has 4 heterocycles. The summed E-state index contributed by atoms with van der Waals surface area (Å²) in [6.45, 7) is 3.18. The molecular weight excluding hydrogens is 306 g/mol. The molecular formula is C17H25N5O2. The van der Waals surface area contributed by atoms with Gasteiger partial charge < -0.3 is 19.9 Å². The van der Waals surface area contributed by atoms with E-state index in [-0.39, 0.29) is 18.2 Å². The van der Waals surface area contributed by atoms with Gasteiger partial charge >= 0.3 is 6.03 Å². The summed E-state index contributed by atoms with van der Waals surface area (Å²) in [5, 5.41) is 10.8. The summed E-state index contributed by atoms with van der Waals surface area (Å²) < 4.78 is 5.82. The second kappa shape index (κ2) is 5.65. The first-order chi connectivity index (χ1) is 11.8. The van der Waals surface area contributed by atoms with E-state index in [1.165, 1.54) is 18.5 Å². The first-order valence-electron chi connectivity index (χ1n) is 9.27. The van der Waals surface area contributed by atoms with Crippen molar-refractivity contribution >= 4 is 11.8 Å². The number of hydrogen-bond donors (Lipinski definition) is 2. The van der Waals surface area contributed by atoms with Crippen molar-refractivity contribution in [3.63, 3.8) is 0 Å². The standard InChI is InChI=1S/C17H25N5O2/c23-17(18-14-9-12-3-4-15(14)24-12)22-7-5-21(6-8-22)16-10-13(19-20-16)11-1-2-11/h10-12,14-15H,1-9H2,(H,18,23)(H,19,20)/t12-,14-,15+/m1/s1. The molecule has 7 heteroatoms. The number of nitrogens with one attached hydrogen (secondary N) is 2. The average Bonchev–Trinajstić information content (AvgIpc) is 3.03. The summed E-state index contributed by atoms with van der Waals surface area (Å²) in [5.41, 5.74) is 1.27. The summed E-state index contributed by atoms with van der Waals surface area (Å²) in [5.74, 6) is 1.72. The lowest BCUT2D eigenvalue weighted by Gasteiger charge is -2.35. The Morgan fingerprint density at radius 1 is 1.21 bits per heavy atom. The molecule has 2 N–H and O–H groups in total. The van der Waals surface area contributed by atoms with Crippen LogP contribution in [0.1, 0.15) is 43.7 Å². The molecule has 2 bridgehead atoms. The van der Waals surface area contributed by atoms with E-state index in [0.717, 1.165) is 51.3 Å². The van der Waals surface area contributed by atoms with Gasteiger partial charge in [0, 0.05) is 43.9 Å². The first-order valence-corrected chi connectivity index (χ1v) is 9.27. The third-order valence-corrected chi connectivity index (χ3v) is 5.91. The molecule has 3 aliphatic heterocycles. The number of nitrogens with zero attached hydrogens (tertiary/aromatic N) is 3. The summed E-state index contributed by atoms with van der Waals surface area (Å²) in [6.07, 6.45) is 6.40. The molecule has 1 aliphatic carbocycles. The molecule has 3 atom stereocenters. The molecule has 0 unspecified atom stereocenters. The Kier molecular flexibility index (Phi) is 3.43. The fourth-order valence-electron chi connectivity index (χ4n) is 4.27. The van der Waals surface area contributed by atoms with Crippen LogP contribution in [0.15, 0.2) is 6.07 Å². The number of anilines is 1. The Hall–Kier alpha value is -1.76. The number of aromatic amines is 1. The average molecular weight is 331 g/mol. The fraction of sp³-hybridized carbons (Fsp3) is 0.765. The Labute approximate surface area is 141 Å². The SMILES string of the molecule is O=C(N[C@@H]1C[C@H]2CC[C@@H]1O2)N1CCN(c2cc(C3CC3)[nH]n2)CC1. The molecule has 4 aliphatic rings. The zero-order valence-corrected chi connectivity index (χ0v) is 13.9. The van der Waals surface area contributed by atoms with Gasteiger partial charge in [-0.05, 0) is 32.1 Å². The Bertz CT molecular complexity index is 620. The highest BCUT2D eigenvalue weighted by Gasteiger charge is 2.42. The molecule has 7 nitrogen and oxygen atoms in total. The van der Waals surface area contributed by atoms with Crippen LogP contribution < -0.4 is 10.2 Å². The minimum atomic E-state index is 0.0662. The van der Waals surface area contributed by atoms with Crippen molar-refractivity contribution in [2.24, 2.45) is 0 Å². The van der Waals surface area contributed by atoms with E-state index in [4.69, 9.17) is 4.74 Å². The summed E-state index contributed by atoms with van der Waals surface area (Å²) in [7, 11) is 0. The monoisotopic (exact) mass is 331 g/mol. The van der Waals surface area contributed by atoms with Gasteiger partial charge in [0.05, 0.1) is 18.2 Å². The number of H-pyrrole nitrogens is 1. The number of fused-ring (bicyclic) bond motifs is 2. The molecule has 1 aromatic heterocycles. The largest absolute Gasteiger partial charge is 0.373 e. The van der Waals surface area contributed by atoms with Crippen molar-refractivity contribution in [1.82, 2.24) is 20.4 Å². The molecule has 1 saturated carbocycles. The quantitative estimate of drug-likeness (QED) is 0.879. The number of urea groups is 1. The van der Waals surface area contributed by atoms with Crippen LogP contribution in [0.25, 0.3) is 0 Å². The molecule has 1 aromatic rings. The maximum absolute atomic E-state index is 12.5. The number of hydrogen-bond acceptors (Lipinski definition) is 4. The van der Waals surface area contributed by atoms with Crippen molar-refractivity contribution in [3.8, 4) is 0 Å². The number of aromatic nitrogens is 2. The number of piperazine rings is 1. The van der Waals surface area contributed by atoms with Gasteiger partial charge in [0.2, 0.25) is 0 Å². The Morgan fingerprint density at radius 2 is 2.04 bits per heavy atom. The normalized spacial score (nSPS) is 32.4. The minimum absolute atomic E-state index is 0.0662. The third kappa shape index (κ3) is 2.64. The highest BCUT2D eigenvalue weighted by molar-refractivity contribution is 5.75. The van der Waals surface area contributed by atoms with Crippen molar-refractivity contribution in [3.05, 3.63) is 11.8 Å². The predicted octanol–water partition coefficient (Wildman–Crippen LogP) is 1.44. The highest BCUT2D eigenvalue weighted by atomic mass is 16.5. The summed E-state index contributed by atoms with van der Waals surface area (Å²) in [6, 6.07) is 2.46. The summed E-state index contributed by atoms with van der Waals surface area (Å²) >= 11 is 0. The maximum Gasteiger partial charge on any atom is 0.317 e. The van der Waals surface area contributed by atoms with Crippen molar-refractivity contribution in [1.29, 1.82) is 0 Å². The van der Waals surface area contributed by atoms with Gasteiger partial charge in [0.25, 0.3) is 0 Å². The van der Waals surface area contributed by atoms with Gasteiger partial charge in [0.15, 0.2) is 5.82 Å². The van der Waals surface area contributed by atoms with Gasteiger partial charge in [-0.1, -0.05) is 0 Å². The van der Waals surface area contributed by atoms with Gasteiger partial charge in [-0.25, -0.2) is 4.79 Å². The second-order valence-corrected chi connectivity index (χ2v) is 7.60. The lowest BCUT2D eigenvalue weighted by Crippen LogP contribution is -2.54. The first kappa shape index (κ1) is 14.6. The molecule has 2 amide bonds. The molecule has 0 radical (unpaired) electrons. The van der Waals surface area contributed by atoms with E-state index < -0.39 is 0 Å². The molecule has 0 spiro atoms. The summed E-state index contributed by atoms with van der Waals surface area (Å²) in [4.78, 5) is 16.7. The second-order valence-electron chi connectivity index (χ2n) is 7.60. The molecule has 130 valence electrons. The van der Waals surface area contributed by atoms with Gasteiger partial charge in [0.1, 0.15) is 0 Å². The van der Waals surface area contributed by atoms with Crippen molar-refractivity contribution < 1.29 is 9.53 Å². The Morgan fingerprint density at radius 3 is 2.71 bits per heavy atom. The molecule has 24 heavy (non-hydrogen) atoms. The van der Waals surface area contributed by atoms with E-state index >= 15 is 0 Å². The van der Waals surface area contributed by atoms with E-state index in [2.05, 4.69) is 26.5 Å².